The Morgan fingerprint density at radius 1 is 1.32 bits per heavy atom. The second-order valence-electron chi connectivity index (χ2n) is 5.68. The van der Waals surface area contributed by atoms with E-state index in [1.807, 2.05) is 12.1 Å². The predicted octanol–water partition coefficient (Wildman–Crippen LogP) is 2.07. The molecule has 1 aromatic carbocycles. The number of aryl methyl sites for hydroxylation is 1. The van der Waals surface area contributed by atoms with Crippen molar-refractivity contribution in [3.8, 4) is 0 Å². The Kier molecular flexibility index (Phi) is 3.56. The molecule has 2 aliphatic rings. The van der Waals surface area contributed by atoms with E-state index in [9.17, 15) is 4.79 Å². The molecule has 3 nitrogen and oxygen atoms in total. The first-order valence-corrected chi connectivity index (χ1v) is 7.40. The van der Waals surface area contributed by atoms with E-state index in [2.05, 4.69) is 29.3 Å². The van der Waals surface area contributed by atoms with Crippen LogP contribution in [0.15, 0.2) is 24.3 Å². The van der Waals surface area contributed by atoms with Gasteiger partial charge in [-0.2, -0.15) is 0 Å². The Morgan fingerprint density at radius 2 is 2.11 bits per heavy atom. The second-order valence-corrected chi connectivity index (χ2v) is 5.68. The van der Waals surface area contributed by atoms with Crippen LogP contribution >= 0.6 is 0 Å². The molecule has 19 heavy (non-hydrogen) atoms. The molecule has 0 aliphatic carbocycles. The van der Waals surface area contributed by atoms with Crippen molar-refractivity contribution in [3.05, 3.63) is 35.4 Å². The van der Waals surface area contributed by atoms with Crippen molar-refractivity contribution >= 4 is 5.91 Å². The summed E-state index contributed by atoms with van der Waals surface area (Å²) >= 11 is 0. The standard InChI is InChI=1S/C16H22N2O/c1-2-12-5-7-13(8-6-12)16(19)18-9-3-4-14-10-17-11-15(14)18/h5-8,14-15,17H,2-4,9-11H2,1H3. The molecule has 102 valence electrons. The number of hydrogen-bond donors (Lipinski definition) is 1. The minimum Gasteiger partial charge on any atom is -0.334 e. The van der Waals surface area contributed by atoms with E-state index in [1.165, 1.54) is 12.0 Å². The number of carbonyl (C=O) groups is 1. The number of amides is 1. The molecule has 2 unspecified atom stereocenters. The van der Waals surface area contributed by atoms with Gasteiger partial charge in [-0.15, -0.1) is 0 Å². The fourth-order valence-electron chi connectivity index (χ4n) is 3.37. The lowest BCUT2D eigenvalue weighted by Crippen LogP contribution is -2.48. The summed E-state index contributed by atoms with van der Waals surface area (Å²) in [4.78, 5) is 14.7. The summed E-state index contributed by atoms with van der Waals surface area (Å²) in [7, 11) is 0. The van der Waals surface area contributed by atoms with Crippen molar-refractivity contribution in [1.82, 2.24) is 10.2 Å². The third-order valence-corrected chi connectivity index (χ3v) is 4.55. The Morgan fingerprint density at radius 3 is 2.84 bits per heavy atom. The number of likely N-dealkylation sites (tertiary alicyclic amines) is 1. The van der Waals surface area contributed by atoms with Crippen LogP contribution in [-0.2, 0) is 6.42 Å². The molecule has 0 radical (unpaired) electrons. The van der Waals surface area contributed by atoms with Gasteiger partial charge < -0.3 is 10.2 Å². The number of nitrogens with zero attached hydrogens (tertiary/aromatic N) is 1. The summed E-state index contributed by atoms with van der Waals surface area (Å²) in [6.07, 6.45) is 3.42. The van der Waals surface area contributed by atoms with Crippen LogP contribution in [0, 0.1) is 5.92 Å². The van der Waals surface area contributed by atoms with Gasteiger partial charge in [0.15, 0.2) is 0 Å². The summed E-state index contributed by atoms with van der Waals surface area (Å²) in [5, 5.41) is 3.42. The number of nitrogens with one attached hydrogen (secondary N) is 1. The van der Waals surface area contributed by atoms with Gasteiger partial charge in [0.2, 0.25) is 0 Å². The second kappa shape index (κ2) is 5.33. The molecule has 0 saturated carbocycles. The van der Waals surface area contributed by atoms with E-state index in [0.717, 1.165) is 38.0 Å². The molecule has 3 rings (SSSR count). The minimum atomic E-state index is 0.209. The molecule has 1 aromatic rings. The summed E-state index contributed by atoms with van der Waals surface area (Å²) in [5.74, 6) is 0.869. The third-order valence-electron chi connectivity index (χ3n) is 4.55. The first-order valence-electron chi connectivity index (χ1n) is 7.40. The molecule has 2 aliphatic heterocycles. The highest BCUT2D eigenvalue weighted by Gasteiger charge is 2.37. The normalized spacial score (nSPS) is 26.3. The zero-order chi connectivity index (χ0) is 13.2. The average molecular weight is 258 g/mol. The van der Waals surface area contributed by atoms with Crippen LogP contribution in [0.1, 0.15) is 35.7 Å². The number of fused-ring (bicyclic) bond motifs is 1. The first-order chi connectivity index (χ1) is 9.29. The number of benzene rings is 1. The monoisotopic (exact) mass is 258 g/mol. The number of hydrogen-bond acceptors (Lipinski definition) is 2. The summed E-state index contributed by atoms with van der Waals surface area (Å²) < 4.78 is 0. The quantitative estimate of drug-likeness (QED) is 0.881. The Hall–Kier alpha value is -1.35. The Bertz CT molecular complexity index is 454. The van der Waals surface area contributed by atoms with Crippen molar-refractivity contribution in [2.75, 3.05) is 19.6 Å². The van der Waals surface area contributed by atoms with Crippen LogP contribution in [-0.4, -0.2) is 36.5 Å². The Balaban J connectivity index is 1.78. The van der Waals surface area contributed by atoms with Gasteiger partial charge in [-0.05, 0) is 42.9 Å². The lowest BCUT2D eigenvalue weighted by atomic mass is 9.91. The van der Waals surface area contributed by atoms with Crippen LogP contribution < -0.4 is 5.32 Å². The third kappa shape index (κ3) is 2.39. The lowest BCUT2D eigenvalue weighted by molar-refractivity contribution is 0.0575. The maximum Gasteiger partial charge on any atom is 0.254 e. The molecule has 2 fully saturated rings. The van der Waals surface area contributed by atoms with E-state index >= 15 is 0 Å². The molecule has 0 spiro atoms. The summed E-state index contributed by atoms with van der Waals surface area (Å²) in [6.45, 7) is 5.08. The van der Waals surface area contributed by atoms with E-state index in [1.54, 1.807) is 0 Å². The number of carbonyl (C=O) groups excluding carboxylic acids is 1. The maximum absolute atomic E-state index is 12.6. The van der Waals surface area contributed by atoms with E-state index in [-0.39, 0.29) is 5.91 Å². The number of rotatable bonds is 2. The van der Waals surface area contributed by atoms with Gasteiger partial charge in [0.1, 0.15) is 0 Å². The largest absolute Gasteiger partial charge is 0.334 e. The van der Waals surface area contributed by atoms with E-state index in [4.69, 9.17) is 0 Å². The molecular formula is C16H22N2O. The summed E-state index contributed by atoms with van der Waals surface area (Å²) in [5.41, 5.74) is 2.13. The highest BCUT2D eigenvalue weighted by Crippen LogP contribution is 2.27. The Labute approximate surface area is 115 Å². The highest BCUT2D eigenvalue weighted by molar-refractivity contribution is 5.94. The highest BCUT2D eigenvalue weighted by atomic mass is 16.2. The van der Waals surface area contributed by atoms with Gasteiger partial charge in [0.25, 0.3) is 5.91 Å². The molecule has 1 N–H and O–H groups in total. The molecular weight excluding hydrogens is 236 g/mol. The van der Waals surface area contributed by atoms with Crippen molar-refractivity contribution in [2.45, 2.75) is 32.2 Å². The summed E-state index contributed by atoms with van der Waals surface area (Å²) in [6, 6.07) is 8.51. The molecule has 0 aromatic heterocycles. The van der Waals surface area contributed by atoms with Gasteiger partial charge in [-0.1, -0.05) is 19.1 Å². The van der Waals surface area contributed by atoms with Crippen molar-refractivity contribution in [1.29, 1.82) is 0 Å². The van der Waals surface area contributed by atoms with Gasteiger partial charge in [0, 0.05) is 31.2 Å². The fraction of sp³-hybridized carbons (Fsp3) is 0.562. The van der Waals surface area contributed by atoms with Crippen molar-refractivity contribution < 1.29 is 4.79 Å². The van der Waals surface area contributed by atoms with Crippen molar-refractivity contribution in [2.24, 2.45) is 5.92 Å². The van der Waals surface area contributed by atoms with Crippen molar-refractivity contribution in [3.63, 3.8) is 0 Å². The predicted molar refractivity (Wildman–Crippen MR) is 76.2 cm³/mol. The van der Waals surface area contributed by atoms with Crippen LogP contribution in [0.5, 0.6) is 0 Å². The molecule has 2 heterocycles. The maximum atomic E-state index is 12.6. The number of piperidine rings is 1. The lowest BCUT2D eigenvalue weighted by Gasteiger charge is -2.37. The fourth-order valence-corrected chi connectivity index (χ4v) is 3.37. The van der Waals surface area contributed by atoms with E-state index in [0.29, 0.717) is 12.0 Å². The SMILES string of the molecule is CCc1ccc(C(=O)N2CCCC3CNCC32)cc1. The molecule has 2 saturated heterocycles. The van der Waals surface area contributed by atoms with Crippen LogP contribution in [0.3, 0.4) is 0 Å². The van der Waals surface area contributed by atoms with Gasteiger partial charge >= 0.3 is 0 Å². The molecule has 2 atom stereocenters. The first kappa shape index (κ1) is 12.7. The van der Waals surface area contributed by atoms with Gasteiger partial charge in [-0.25, -0.2) is 0 Å². The van der Waals surface area contributed by atoms with Gasteiger partial charge in [-0.3, -0.25) is 4.79 Å². The zero-order valence-electron chi connectivity index (χ0n) is 11.6. The van der Waals surface area contributed by atoms with E-state index < -0.39 is 0 Å². The van der Waals surface area contributed by atoms with Crippen LogP contribution in [0.4, 0.5) is 0 Å². The van der Waals surface area contributed by atoms with Gasteiger partial charge in [0.05, 0.1) is 0 Å². The minimum absolute atomic E-state index is 0.209. The average Bonchev–Trinajstić information content (AvgIpc) is 2.95. The molecule has 0 bridgehead atoms. The zero-order valence-corrected chi connectivity index (χ0v) is 11.6. The smallest absolute Gasteiger partial charge is 0.254 e. The topological polar surface area (TPSA) is 32.3 Å². The van der Waals surface area contributed by atoms with Crippen LogP contribution in [0.25, 0.3) is 0 Å². The molecule has 3 heteroatoms. The van der Waals surface area contributed by atoms with Crippen LogP contribution in [0.2, 0.25) is 0 Å². The molecule has 1 amide bonds.